The number of hydrogen-bond acceptors (Lipinski definition) is 6. The molecule has 1 aromatic carbocycles. The van der Waals surface area contributed by atoms with Crippen LogP contribution in [-0.2, 0) is 4.79 Å². The van der Waals surface area contributed by atoms with Crippen molar-refractivity contribution >= 4 is 33.7 Å². The molecule has 1 aliphatic heterocycles. The van der Waals surface area contributed by atoms with Crippen LogP contribution < -0.4 is 15.8 Å². The van der Waals surface area contributed by atoms with E-state index in [1.54, 1.807) is 19.2 Å². The number of ether oxygens (including phenoxy) is 1. The largest absolute Gasteiger partial charge is 0.497 e. The molecule has 0 unspecified atom stereocenters. The van der Waals surface area contributed by atoms with Crippen LogP contribution in [0.25, 0.3) is 0 Å². The Labute approximate surface area is 153 Å². The van der Waals surface area contributed by atoms with Crippen molar-refractivity contribution in [2.24, 2.45) is 0 Å². The van der Waals surface area contributed by atoms with Gasteiger partial charge in [-0.05, 0) is 29.8 Å². The van der Waals surface area contributed by atoms with Crippen LogP contribution in [0.3, 0.4) is 0 Å². The quantitative estimate of drug-likeness (QED) is 0.686. The molecule has 3 aromatic rings. The maximum Gasteiger partial charge on any atom is 0.240 e. The highest BCUT2D eigenvalue weighted by Gasteiger charge is 2.34. The molecule has 3 N–H and O–H groups in total. The van der Waals surface area contributed by atoms with Gasteiger partial charge in [0.15, 0.2) is 5.76 Å². The molecule has 0 spiro atoms. The van der Waals surface area contributed by atoms with Crippen LogP contribution >= 0.6 is 11.3 Å². The van der Waals surface area contributed by atoms with Crippen molar-refractivity contribution in [1.29, 1.82) is 0 Å². The average molecular weight is 368 g/mol. The Kier molecular flexibility index (Phi) is 4.00. The lowest BCUT2D eigenvalue weighted by atomic mass is 9.86. The van der Waals surface area contributed by atoms with Crippen LogP contribution in [0.4, 0.5) is 10.7 Å². The molecule has 0 aliphatic carbocycles. The van der Waals surface area contributed by atoms with Crippen molar-refractivity contribution in [3.63, 3.8) is 0 Å². The van der Waals surface area contributed by atoms with Crippen LogP contribution in [0.15, 0.2) is 47.1 Å². The number of carbonyl (C=O) groups is 2. The fourth-order valence-electron chi connectivity index (χ4n) is 3.19. The summed E-state index contributed by atoms with van der Waals surface area (Å²) in [5.74, 6) is 0.299. The van der Waals surface area contributed by atoms with Crippen LogP contribution in [0, 0.1) is 0 Å². The molecular weight excluding hydrogens is 352 g/mol. The molecule has 132 valence electrons. The third kappa shape index (κ3) is 2.66. The second-order valence-electron chi connectivity index (χ2n) is 5.98. The minimum Gasteiger partial charge on any atom is -0.497 e. The smallest absolute Gasteiger partial charge is 0.240 e. The minimum absolute atomic E-state index is 0.108. The highest BCUT2D eigenvalue weighted by Crippen LogP contribution is 2.47. The first-order valence-corrected chi connectivity index (χ1v) is 8.84. The molecule has 0 saturated heterocycles. The van der Waals surface area contributed by atoms with Gasteiger partial charge in [-0.15, -0.1) is 11.3 Å². The molecule has 1 aliphatic rings. The topological polar surface area (TPSA) is 94.6 Å². The number of nitrogen functional groups attached to an aromatic ring is 1. The van der Waals surface area contributed by atoms with Gasteiger partial charge in [-0.2, -0.15) is 0 Å². The molecule has 7 heteroatoms. The van der Waals surface area contributed by atoms with Gasteiger partial charge in [0.25, 0.3) is 0 Å². The van der Waals surface area contributed by atoms with Crippen molar-refractivity contribution in [3.05, 3.63) is 64.4 Å². The number of thiophene rings is 1. The molecule has 6 nitrogen and oxygen atoms in total. The number of furan rings is 1. The molecule has 2 aromatic heterocycles. The highest BCUT2D eigenvalue weighted by molar-refractivity contribution is 7.19. The second kappa shape index (κ2) is 6.34. The van der Waals surface area contributed by atoms with Gasteiger partial charge in [-0.25, -0.2) is 0 Å². The van der Waals surface area contributed by atoms with Gasteiger partial charge in [-0.3, -0.25) is 9.59 Å². The van der Waals surface area contributed by atoms with E-state index in [2.05, 4.69) is 5.32 Å². The Bertz CT molecular complexity index is 991. The summed E-state index contributed by atoms with van der Waals surface area (Å²) in [5.41, 5.74) is 8.42. The number of rotatable bonds is 4. The van der Waals surface area contributed by atoms with Crippen molar-refractivity contribution in [2.45, 2.75) is 12.3 Å². The molecule has 1 amide bonds. The predicted molar refractivity (Wildman–Crippen MR) is 99.0 cm³/mol. The molecular formula is C19H16N2O4S. The monoisotopic (exact) mass is 368 g/mol. The number of fused-ring (bicyclic) bond motifs is 1. The van der Waals surface area contributed by atoms with Crippen molar-refractivity contribution < 1.29 is 18.7 Å². The summed E-state index contributed by atoms with van der Waals surface area (Å²) in [6.07, 6.45) is 1.70. The van der Waals surface area contributed by atoms with Gasteiger partial charge in [0.05, 0.1) is 19.1 Å². The minimum atomic E-state index is -0.287. The molecule has 0 bridgehead atoms. The maximum atomic E-state index is 12.7. The Hall–Kier alpha value is -3.06. The fourth-order valence-corrected chi connectivity index (χ4v) is 4.34. The van der Waals surface area contributed by atoms with Crippen molar-refractivity contribution in [2.75, 3.05) is 18.2 Å². The highest BCUT2D eigenvalue weighted by atomic mass is 32.1. The Morgan fingerprint density at radius 3 is 2.92 bits per heavy atom. The summed E-state index contributed by atoms with van der Waals surface area (Å²) in [6, 6.07) is 10.8. The number of nitrogens with two attached hydrogens (primary N) is 1. The van der Waals surface area contributed by atoms with E-state index >= 15 is 0 Å². The van der Waals surface area contributed by atoms with Crippen molar-refractivity contribution in [3.8, 4) is 5.75 Å². The zero-order chi connectivity index (χ0) is 18.3. The van der Waals surface area contributed by atoms with E-state index < -0.39 is 0 Å². The SMILES string of the molecule is COc1cccc([C@@H]2CC(=O)Nc3sc(C(=O)c4ccco4)c(N)c32)c1. The predicted octanol–water partition coefficient (Wildman–Crippen LogP) is 3.64. The zero-order valence-electron chi connectivity index (χ0n) is 13.9. The molecule has 0 fully saturated rings. The number of anilines is 2. The molecule has 3 heterocycles. The third-order valence-corrected chi connectivity index (χ3v) is 5.56. The van der Waals surface area contributed by atoms with E-state index in [0.717, 1.165) is 11.1 Å². The molecule has 1 atom stereocenters. The van der Waals surface area contributed by atoms with Gasteiger partial charge in [0.1, 0.15) is 15.6 Å². The number of amides is 1. The second-order valence-corrected chi connectivity index (χ2v) is 7.00. The first-order chi connectivity index (χ1) is 12.6. The van der Waals surface area contributed by atoms with E-state index in [4.69, 9.17) is 14.9 Å². The van der Waals surface area contributed by atoms with E-state index in [1.807, 2.05) is 24.3 Å². The molecule has 4 rings (SSSR count). The number of methoxy groups -OCH3 is 1. The number of hydrogen-bond donors (Lipinski definition) is 2. The lowest BCUT2D eigenvalue weighted by molar-refractivity contribution is -0.116. The maximum absolute atomic E-state index is 12.7. The number of carbonyl (C=O) groups excluding carboxylic acids is 2. The van der Waals surface area contributed by atoms with E-state index in [-0.39, 0.29) is 29.8 Å². The third-order valence-electron chi connectivity index (χ3n) is 4.42. The van der Waals surface area contributed by atoms with Gasteiger partial charge < -0.3 is 20.2 Å². The fraction of sp³-hybridized carbons (Fsp3) is 0.158. The summed E-state index contributed by atoms with van der Waals surface area (Å²) in [5, 5.41) is 3.45. The van der Waals surface area contributed by atoms with Gasteiger partial charge in [0, 0.05) is 17.9 Å². The Balaban J connectivity index is 1.82. The van der Waals surface area contributed by atoms with Gasteiger partial charge >= 0.3 is 0 Å². The normalized spacial score (nSPS) is 16.0. The first-order valence-electron chi connectivity index (χ1n) is 8.02. The first kappa shape index (κ1) is 16.4. The van der Waals surface area contributed by atoms with Crippen LogP contribution in [0.5, 0.6) is 5.75 Å². The van der Waals surface area contributed by atoms with E-state index in [0.29, 0.717) is 21.3 Å². The van der Waals surface area contributed by atoms with Crippen molar-refractivity contribution in [1.82, 2.24) is 0 Å². The van der Waals surface area contributed by atoms with Crippen LogP contribution in [0.2, 0.25) is 0 Å². The lowest BCUT2D eigenvalue weighted by Crippen LogP contribution is -2.22. The molecule has 0 radical (unpaired) electrons. The van der Waals surface area contributed by atoms with Gasteiger partial charge in [0.2, 0.25) is 11.7 Å². The van der Waals surface area contributed by atoms with E-state index in [1.165, 1.54) is 17.6 Å². The summed E-state index contributed by atoms with van der Waals surface area (Å²) in [7, 11) is 1.59. The van der Waals surface area contributed by atoms with Gasteiger partial charge in [-0.1, -0.05) is 12.1 Å². The van der Waals surface area contributed by atoms with Crippen LogP contribution in [0.1, 0.15) is 38.9 Å². The molecule has 26 heavy (non-hydrogen) atoms. The summed E-state index contributed by atoms with van der Waals surface area (Å²) in [4.78, 5) is 25.3. The summed E-state index contributed by atoms with van der Waals surface area (Å²) in [6.45, 7) is 0. The summed E-state index contributed by atoms with van der Waals surface area (Å²) < 4.78 is 10.5. The van der Waals surface area contributed by atoms with Crippen LogP contribution in [-0.4, -0.2) is 18.8 Å². The number of nitrogens with one attached hydrogen (secondary N) is 1. The number of ketones is 1. The molecule has 0 saturated carbocycles. The summed E-state index contributed by atoms with van der Waals surface area (Å²) >= 11 is 1.18. The standard InChI is InChI=1S/C19H16N2O4S/c1-24-11-5-2-4-10(8-11)12-9-14(22)21-19-15(12)16(20)18(26-19)17(23)13-6-3-7-25-13/h2-8,12H,9,20H2,1H3,(H,21,22)/t12-/m0/s1. The lowest BCUT2D eigenvalue weighted by Gasteiger charge is -2.24. The zero-order valence-corrected chi connectivity index (χ0v) is 14.8. The van der Waals surface area contributed by atoms with E-state index in [9.17, 15) is 9.59 Å². The Morgan fingerprint density at radius 2 is 2.19 bits per heavy atom. The Morgan fingerprint density at radius 1 is 1.35 bits per heavy atom. The number of benzene rings is 1. The average Bonchev–Trinajstić information content (AvgIpc) is 3.29.